The lowest BCUT2D eigenvalue weighted by Gasteiger charge is -2.31. The van der Waals surface area contributed by atoms with Crippen LogP contribution < -0.4 is 20.3 Å². The molecule has 9 heteroatoms. The van der Waals surface area contributed by atoms with E-state index in [1.807, 2.05) is 12.4 Å². The van der Waals surface area contributed by atoms with Crippen LogP contribution >= 0.6 is 0 Å². The Morgan fingerprint density at radius 3 is 2.42 bits per heavy atom. The summed E-state index contributed by atoms with van der Waals surface area (Å²) in [4.78, 5) is 20.7. The Morgan fingerprint density at radius 2 is 1.64 bits per heavy atom. The van der Waals surface area contributed by atoms with Crippen LogP contribution in [-0.2, 0) is 4.74 Å². The van der Waals surface area contributed by atoms with Gasteiger partial charge in [-0.25, -0.2) is 15.0 Å². The fraction of sp³-hybridized carbons (Fsp3) is 0.556. The Kier molecular flexibility index (Phi) is 7.09. The Bertz CT molecular complexity index is 1140. The molecule has 2 saturated heterocycles. The van der Waals surface area contributed by atoms with E-state index in [4.69, 9.17) is 9.47 Å². The second kappa shape index (κ2) is 10.9. The van der Waals surface area contributed by atoms with Crippen LogP contribution in [0.4, 0.5) is 11.6 Å². The van der Waals surface area contributed by atoms with Crippen molar-refractivity contribution in [1.82, 2.24) is 25.3 Å². The van der Waals surface area contributed by atoms with Crippen molar-refractivity contribution in [2.24, 2.45) is 0 Å². The molecule has 0 bridgehead atoms. The molecule has 190 valence electrons. The van der Waals surface area contributed by atoms with Gasteiger partial charge in [0.1, 0.15) is 11.3 Å². The molecule has 36 heavy (non-hydrogen) atoms. The first kappa shape index (κ1) is 23.4. The standard InChI is InChI=1S/C27H35N7O2/c1-3-23(4-2-21(1)33-27-31-17-20(18-32-27)19-5-7-28-8-6-19)36-25-16-22(34-11-13-35-14-12-34)15-24-26(25)30-10-9-29-24/h9-10,15-19,21,23,28H,1-8,11-14H2,(H,31,32,33)/t21-,23+. The topological polar surface area (TPSA) is 97.3 Å². The van der Waals surface area contributed by atoms with Gasteiger partial charge in [0.25, 0.3) is 0 Å². The van der Waals surface area contributed by atoms with Gasteiger partial charge >= 0.3 is 0 Å². The first-order valence-corrected chi connectivity index (χ1v) is 13.3. The predicted molar refractivity (Wildman–Crippen MR) is 140 cm³/mol. The molecule has 0 amide bonds. The highest BCUT2D eigenvalue weighted by atomic mass is 16.5. The van der Waals surface area contributed by atoms with Crippen LogP contribution in [0.2, 0.25) is 0 Å². The zero-order chi connectivity index (χ0) is 24.2. The van der Waals surface area contributed by atoms with E-state index >= 15 is 0 Å². The molecule has 0 radical (unpaired) electrons. The summed E-state index contributed by atoms with van der Waals surface area (Å²) >= 11 is 0. The average Bonchev–Trinajstić information content (AvgIpc) is 2.95. The van der Waals surface area contributed by atoms with Gasteiger partial charge in [0.05, 0.1) is 24.8 Å². The van der Waals surface area contributed by atoms with Gasteiger partial charge in [0.2, 0.25) is 5.95 Å². The van der Waals surface area contributed by atoms with Gasteiger partial charge in [-0.05, 0) is 69.2 Å². The number of ether oxygens (including phenoxy) is 2. The maximum atomic E-state index is 6.56. The first-order chi connectivity index (χ1) is 17.8. The molecule has 1 saturated carbocycles. The zero-order valence-electron chi connectivity index (χ0n) is 20.7. The SMILES string of the molecule is c1cnc2c(O[C@H]3CC[C@@H](Nc4ncc(C5CCNCC5)cn4)CC3)cc(N3CCOCC3)cc2n1. The number of rotatable bonds is 6. The molecule has 2 aliphatic heterocycles. The van der Waals surface area contributed by atoms with Crippen LogP contribution in [0.5, 0.6) is 5.75 Å². The summed E-state index contributed by atoms with van der Waals surface area (Å²) < 4.78 is 12.1. The number of morpholine rings is 1. The summed E-state index contributed by atoms with van der Waals surface area (Å²) in [5.74, 6) is 2.14. The van der Waals surface area contributed by atoms with Crippen LogP contribution in [0.3, 0.4) is 0 Å². The van der Waals surface area contributed by atoms with E-state index in [-0.39, 0.29) is 6.10 Å². The minimum absolute atomic E-state index is 0.163. The Labute approximate surface area is 212 Å². The van der Waals surface area contributed by atoms with E-state index in [1.165, 1.54) is 5.56 Å². The summed E-state index contributed by atoms with van der Waals surface area (Å²) in [7, 11) is 0. The van der Waals surface area contributed by atoms with Gasteiger partial charge in [-0.1, -0.05) is 0 Å². The van der Waals surface area contributed by atoms with Gasteiger partial charge in [-0.15, -0.1) is 0 Å². The molecule has 3 aromatic rings. The number of piperidine rings is 1. The molecular weight excluding hydrogens is 454 g/mol. The molecule has 0 unspecified atom stereocenters. The number of nitrogens with one attached hydrogen (secondary N) is 2. The highest BCUT2D eigenvalue weighted by Crippen LogP contribution is 2.33. The highest BCUT2D eigenvalue weighted by molar-refractivity contribution is 5.85. The second-order valence-corrected chi connectivity index (χ2v) is 10.1. The van der Waals surface area contributed by atoms with E-state index in [2.05, 4.69) is 47.6 Å². The molecule has 2 N–H and O–H groups in total. The third kappa shape index (κ3) is 5.37. The van der Waals surface area contributed by atoms with Crippen molar-refractivity contribution in [3.8, 4) is 5.75 Å². The smallest absolute Gasteiger partial charge is 0.222 e. The summed E-state index contributed by atoms with van der Waals surface area (Å²) in [6.07, 6.45) is 14.0. The Balaban J connectivity index is 1.07. The summed E-state index contributed by atoms with van der Waals surface area (Å²) in [5.41, 5.74) is 4.09. The monoisotopic (exact) mass is 489 g/mol. The predicted octanol–water partition coefficient (Wildman–Crippen LogP) is 3.53. The second-order valence-electron chi connectivity index (χ2n) is 10.1. The average molecular weight is 490 g/mol. The van der Waals surface area contributed by atoms with Crippen molar-refractivity contribution in [2.75, 3.05) is 49.6 Å². The maximum Gasteiger partial charge on any atom is 0.222 e. The lowest BCUT2D eigenvalue weighted by molar-refractivity contribution is 0.122. The summed E-state index contributed by atoms with van der Waals surface area (Å²) in [6.45, 7) is 5.41. The lowest BCUT2D eigenvalue weighted by Crippen LogP contribution is -2.36. The summed E-state index contributed by atoms with van der Waals surface area (Å²) in [6, 6.07) is 4.60. The molecule has 2 aromatic heterocycles. The van der Waals surface area contributed by atoms with Crippen molar-refractivity contribution in [1.29, 1.82) is 0 Å². The van der Waals surface area contributed by atoms with Gasteiger partial charge in [0.15, 0.2) is 0 Å². The van der Waals surface area contributed by atoms with Gasteiger partial charge in [-0.3, -0.25) is 4.98 Å². The van der Waals surface area contributed by atoms with E-state index < -0.39 is 0 Å². The van der Waals surface area contributed by atoms with Gasteiger partial charge in [-0.2, -0.15) is 0 Å². The maximum absolute atomic E-state index is 6.56. The van der Waals surface area contributed by atoms with Gasteiger partial charge in [0, 0.05) is 55.7 Å². The number of hydrogen-bond donors (Lipinski definition) is 2. The highest BCUT2D eigenvalue weighted by Gasteiger charge is 2.25. The molecule has 0 atom stereocenters. The van der Waals surface area contributed by atoms with E-state index in [1.54, 1.807) is 12.4 Å². The normalized spacial score (nSPS) is 23.5. The Morgan fingerprint density at radius 1 is 0.889 bits per heavy atom. The fourth-order valence-corrected chi connectivity index (χ4v) is 5.59. The van der Waals surface area contributed by atoms with Crippen molar-refractivity contribution in [3.05, 3.63) is 42.5 Å². The molecule has 1 aromatic carbocycles. The summed E-state index contributed by atoms with van der Waals surface area (Å²) in [5, 5.41) is 6.96. The fourth-order valence-electron chi connectivity index (χ4n) is 5.59. The number of aromatic nitrogens is 4. The van der Waals surface area contributed by atoms with Crippen LogP contribution in [0.15, 0.2) is 36.9 Å². The Hall–Kier alpha value is -3.04. The number of nitrogens with zero attached hydrogens (tertiary/aromatic N) is 5. The minimum Gasteiger partial charge on any atom is -0.488 e. The van der Waals surface area contributed by atoms with Crippen molar-refractivity contribution in [3.63, 3.8) is 0 Å². The molecule has 4 heterocycles. The van der Waals surface area contributed by atoms with E-state index in [0.717, 1.165) is 106 Å². The quantitative estimate of drug-likeness (QED) is 0.539. The van der Waals surface area contributed by atoms with Crippen molar-refractivity contribution >= 4 is 22.7 Å². The first-order valence-electron chi connectivity index (χ1n) is 13.3. The molecule has 9 nitrogen and oxygen atoms in total. The number of hydrogen-bond acceptors (Lipinski definition) is 9. The number of anilines is 2. The van der Waals surface area contributed by atoms with Crippen LogP contribution in [0.25, 0.3) is 11.0 Å². The number of fused-ring (bicyclic) bond motifs is 1. The molecule has 6 rings (SSSR count). The zero-order valence-corrected chi connectivity index (χ0v) is 20.7. The molecule has 3 aliphatic rings. The lowest BCUT2D eigenvalue weighted by atomic mass is 9.92. The third-order valence-electron chi connectivity index (χ3n) is 7.68. The van der Waals surface area contributed by atoms with Crippen molar-refractivity contribution in [2.45, 2.75) is 56.6 Å². The van der Waals surface area contributed by atoms with Crippen LogP contribution in [0, 0.1) is 0 Å². The van der Waals surface area contributed by atoms with E-state index in [9.17, 15) is 0 Å². The largest absolute Gasteiger partial charge is 0.488 e. The number of benzene rings is 1. The minimum atomic E-state index is 0.163. The molecule has 0 spiro atoms. The van der Waals surface area contributed by atoms with Crippen molar-refractivity contribution < 1.29 is 9.47 Å². The van der Waals surface area contributed by atoms with Gasteiger partial charge < -0.3 is 25.0 Å². The third-order valence-corrected chi connectivity index (χ3v) is 7.68. The molecule has 3 fully saturated rings. The molecule has 1 aliphatic carbocycles. The van der Waals surface area contributed by atoms with E-state index in [0.29, 0.717) is 12.0 Å². The van der Waals surface area contributed by atoms with Crippen LogP contribution in [0.1, 0.15) is 50.0 Å². The molecular formula is C27H35N7O2. The van der Waals surface area contributed by atoms with Crippen LogP contribution in [-0.4, -0.2) is 71.5 Å².